The van der Waals surface area contributed by atoms with Gasteiger partial charge in [-0.1, -0.05) is 0 Å². The van der Waals surface area contributed by atoms with Gasteiger partial charge in [0, 0.05) is 23.8 Å². The van der Waals surface area contributed by atoms with Crippen LogP contribution in [0.1, 0.15) is 5.69 Å². The summed E-state index contributed by atoms with van der Waals surface area (Å²) in [4.78, 5) is 30.2. The summed E-state index contributed by atoms with van der Waals surface area (Å²) in [5.74, 6) is 0.598. The highest BCUT2D eigenvalue weighted by atomic mass is 79.9. The molecular formula is C11H10BrN5O3. The first-order valence-corrected chi connectivity index (χ1v) is 6.33. The van der Waals surface area contributed by atoms with Crippen molar-refractivity contribution in [2.75, 3.05) is 12.4 Å². The molecule has 0 atom stereocenters. The van der Waals surface area contributed by atoms with Crippen LogP contribution in [0.2, 0.25) is 0 Å². The summed E-state index contributed by atoms with van der Waals surface area (Å²) in [5.41, 5.74) is -0.643. The number of aromatic nitrogens is 3. The van der Waals surface area contributed by atoms with Crippen molar-refractivity contribution in [2.45, 2.75) is 6.54 Å². The zero-order chi connectivity index (χ0) is 14.7. The summed E-state index contributed by atoms with van der Waals surface area (Å²) >= 11 is 3.14. The van der Waals surface area contributed by atoms with Crippen LogP contribution >= 0.6 is 15.9 Å². The molecule has 0 fully saturated rings. The topological polar surface area (TPSA) is 103 Å². The summed E-state index contributed by atoms with van der Waals surface area (Å²) in [6.07, 6.45) is 4.50. The number of nitrogens with zero attached hydrogens (tertiary/aromatic N) is 4. The van der Waals surface area contributed by atoms with Crippen LogP contribution in [-0.4, -0.2) is 26.5 Å². The van der Waals surface area contributed by atoms with Gasteiger partial charge in [0.15, 0.2) is 0 Å². The van der Waals surface area contributed by atoms with Crippen LogP contribution in [0.15, 0.2) is 33.9 Å². The minimum Gasteiger partial charge on any atom is -0.372 e. The average molecular weight is 340 g/mol. The van der Waals surface area contributed by atoms with Crippen molar-refractivity contribution in [3.8, 4) is 0 Å². The van der Waals surface area contributed by atoms with E-state index >= 15 is 0 Å². The van der Waals surface area contributed by atoms with E-state index < -0.39 is 16.2 Å². The van der Waals surface area contributed by atoms with Crippen LogP contribution in [0.25, 0.3) is 0 Å². The molecule has 8 nitrogen and oxygen atoms in total. The van der Waals surface area contributed by atoms with Gasteiger partial charge in [-0.05, 0) is 15.9 Å². The highest BCUT2D eigenvalue weighted by molar-refractivity contribution is 9.10. The molecule has 2 heterocycles. The van der Waals surface area contributed by atoms with Crippen LogP contribution in [0.3, 0.4) is 0 Å². The molecule has 0 unspecified atom stereocenters. The van der Waals surface area contributed by atoms with Gasteiger partial charge in [-0.25, -0.2) is 4.98 Å². The molecule has 2 rings (SSSR count). The van der Waals surface area contributed by atoms with Crippen LogP contribution in [0.4, 0.5) is 11.5 Å². The number of nitro groups is 1. The number of halogens is 1. The van der Waals surface area contributed by atoms with Crippen LogP contribution < -0.4 is 10.9 Å². The van der Waals surface area contributed by atoms with E-state index in [0.717, 1.165) is 0 Å². The summed E-state index contributed by atoms with van der Waals surface area (Å²) in [6, 6.07) is 1.18. The molecule has 0 saturated heterocycles. The van der Waals surface area contributed by atoms with E-state index in [1.54, 1.807) is 7.05 Å². The Morgan fingerprint density at radius 1 is 1.45 bits per heavy atom. The number of hydrogen-bond acceptors (Lipinski definition) is 6. The summed E-state index contributed by atoms with van der Waals surface area (Å²) in [6.45, 7) is 0.107. The maximum atomic E-state index is 11.9. The third-order valence-corrected chi connectivity index (χ3v) is 2.96. The molecule has 0 amide bonds. The molecule has 20 heavy (non-hydrogen) atoms. The second-order valence-corrected chi connectivity index (χ2v) is 4.79. The molecule has 2 aromatic heterocycles. The van der Waals surface area contributed by atoms with Crippen molar-refractivity contribution in [3.63, 3.8) is 0 Å². The van der Waals surface area contributed by atoms with Crippen molar-refractivity contribution in [1.29, 1.82) is 0 Å². The predicted octanol–water partition coefficient (Wildman–Crippen LogP) is 1.40. The van der Waals surface area contributed by atoms with Crippen molar-refractivity contribution in [1.82, 2.24) is 14.5 Å². The van der Waals surface area contributed by atoms with E-state index in [9.17, 15) is 14.9 Å². The van der Waals surface area contributed by atoms with Gasteiger partial charge in [0.05, 0.1) is 29.6 Å². The van der Waals surface area contributed by atoms with Gasteiger partial charge in [0.2, 0.25) is 0 Å². The second kappa shape index (κ2) is 5.78. The van der Waals surface area contributed by atoms with Crippen molar-refractivity contribution in [3.05, 3.63) is 55.3 Å². The monoisotopic (exact) mass is 339 g/mol. The molecule has 0 saturated carbocycles. The molecule has 0 aliphatic rings. The number of hydrogen-bond donors (Lipinski definition) is 1. The lowest BCUT2D eigenvalue weighted by atomic mass is 10.3. The Balaban J connectivity index is 2.37. The van der Waals surface area contributed by atoms with Crippen molar-refractivity contribution >= 4 is 27.4 Å². The first-order valence-electron chi connectivity index (χ1n) is 5.54. The summed E-state index contributed by atoms with van der Waals surface area (Å²) in [5, 5.41) is 13.6. The normalized spacial score (nSPS) is 10.3. The van der Waals surface area contributed by atoms with E-state index in [4.69, 9.17) is 0 Å². The van der Waals surface area contributed by atoms with Crippen LogP contribution in [0.5, 0.6) is 0 Å². The van der Waals surface area contributed by atoms with E-state index in [2.05, 4.69) is 31.2 Å². The molecule has 104 valence electrons. The largest absolute Gasteiger partial charge is 0.372 e. The van der Waals surface area contributed by atoms with Gasteiger partial charge in [-0.3, -0.25) is 19.9 Å². The lowest BCUT2D eigenvalue weighted by Crippen LogP contribution is -2.23. The van der Waals surface area contributed by atoms with Crippen LogP contribution in [0, 0.1) is 10.1 Å². The van der Waals surface area contributed by atoms with Gasteiger partial charge >= 0.3 is 11.2 Å². The Morgan fingerprint density at radius 3 is 2.75 bits per heavy atom. The molecule has 0 bridgehead atoms. The smallest absolute Gasteiger partial charge is 0.335 e. The predicted molar refractivity (Wildman–Crippen MR) is 75.7 cm³/mol. The maximum Gasteiger partial charge on any atom is 0.335 e. The Bertz CT molecular complexity index is 698. The molecule has 0 spiro atoms. The van der Waals surface area contributed by atoms with Crippen LogP contribution in [-0.2, 0) is 6.54 Å². The molecule has 0 aromatic carbocycles. The summed E-state index contributed by atoms with van der Waals surface area (Å²) in [7, 11) is 1.71. The van der Waals surface area contributed by atoms with Gasteiger partial charge in [-0.2, -0.15) is 0 Å². The number of rotatable bonds is 4. The zero-order valence-electron chi connectivity index (χ0n) is 10.4. The highest BCUT2D eigenvalue weighted by Crippen LogP contribution is 2.14. The third kappa shape index (κ3) is 2.99. The quantitative estimate of drug-likeness (QED) is 0.667. The molecular weight excluding hydrogens is 330 g/mol. The van der Waals surface area contributed by atoms with E-state index in [-0.39, 0.29) is 6.54 Å². The number of pyridine rings is 1. The van der Waals surface area contributed by atoms with Gasteiger partial charge < -0.3 is 9.88 Å². The fourth-order valence-electron chi connectivity index (χ4n) is 1.57. The Hall–Kier alpha value is -2.29. The van der Waals surface area contributed by atoms with E-state index in [1.165, 1.54) is 29.2 Å². The minimum absolute atomic E-state index is 0.107. The van der Waals surface area contributed by atoms with E-state index in [1.807, 2.05) is 0 Å². The van der Waals surface area contributed by atoms with Crippen molar-refractivity contribution < 1.29 is 4.92 Å². The van der Waals surface area contributed by atoms with Crippen molar-refractivity contribution in [2.24, 2.45) is 0 Å². The van der Waals surface area contributed by atoms with Gasteiger partial charge in [0.25, 0.3) is 0 Å². The minimum atomic E-state index is -0.709. The molecule has 0 aliphatic carbocycles. The lowest BCUT2D eigenvalue weighted by molar-refractivity contribution is -0.386. The molecule has 9 heteroatoms. The standard InChI is InChI=1S/C11H10BrN5O3/c1-13-10-4-14-8(3-15-10)6-16-5-7(12)2-9(11(16)18)17(19)20/h2-5H,6H2,1H3,(H,13,15). The average Bonchev–Trinajstić information content (AvgIpc) is 2.43. The van der Waals surface area contributed by atoms with Gasteiger partial charge in [0.1, 0.15) is 5.82 Å². The molecule has 1 N–H and O–H groups in total. The molecule has 2 aromatic rings. The van der Waals surface area contributed by atoms with E-state index in [0.29, 0.717) is 16.0 Å². The van der Waals surface area contributed by atoms with Gasteiger partial charge in [-0.15, -0.1) is 0 Å². The summed E-state index contributed by atoms with van der Waals surface area (Å²) < 4.78 is 1.66. The SMILES string of the molecule is CNc1cnc(Cn2cc(Br)cc([N+](=O)[O-])c2=O)cn1. The Labute approximate surface area is 121 Å². The third-order valence-electron chi connectivity index (χ3n) is 2.52. The zero-order valence-corrected chi connectivity index (χ0v) is 12.0. The fraction of sp³-hybridized carbons (Fsp3) is 0.182. The fourth-order valence-corrected chi connectivity index (χ4v) is 2.04. The second-order valence-electron chi connectivity index (χ2n) is 3.88. The Morgan fingerprint density at radius 2 is 2.20 bits per heavy atom. The maximum absolute atomic E-state index is 11.9. The first kappa shape index (κ1) is 14.1. The number of nitrogens with one attached hydrogen (secondary N) is 1. The highest BCUT2D eigenvalue weighted by Gasteiger charge is 2.16. The lowest BCUT2D eigenvalue weighted by Gasteiger charge is -2.06. The molecule has 0 aliphatic heterocycles. The number of anilines is 1. The molecule has 0 radical (unpaired) electrons. The first-order chi connectivity index (χ1) is 9.51. The Kier molecular flexibility index (Phi) is 4.08.